The van der Waals surface area contributed by atoms with Crippen molar-refractivity contribution in [2.24, 2.45) is 0 Å². The van der Waals surface area contributed by atoms with Crippen LogP contribution in [0.5, 0.6) is 0 Å². The molecule has 23 heavy (non-hydrogen) atoms. The summed E-state index contributed by atoms with van der Waals surface area (Å²) in [4.78, 5) is 8.68. The Hall–Kier alpha value is -1.99. The second-order valence-corrected chi connectivity index (χ2v) is 7.71. The summed E-state index contributed by atoms with van der Waals surface area (Å²) in [5.74, 6) is 1.49. The predicted octanol–water partition coefficient (Wildman–Crippen LogP) is 2.26. The summed E-state index contributed by atoms with van der Waals surface area (Å²) in [5.41, 5.74) is 2.73. The molecule has 0 bridgehead atoms. The first-order valence-corrected chi connectivity index (χ1v) is 9.29. The molecule has 0 aliphatic rings. The van der Waals surface area contributed by atoms with Gasteiger partial charge in [0.15, 0.2) is 5.82 Å². The number of aryl methyl sites for hydroxylation is 2. The van der Waals surface area contributed by atoms with E-state index in [1.165, 1.54) is 6.26 Å². The molecule has 0 spiro atoms. The molecule has 0 saturated carbocycles. The van der Waals surface area contributed by atoms with Gasteiger partial charge in [0.25, 0.3) is 0 Å². The first-order valence-electron chi connectivity index (χ1n) is 7.23. The molecule has 1 aromatic heterocycles. The van der Waals surface area contributed by atoms with Gasteiger partial charge < -0.3 is 10.1 Å². The van der Waals surface area contributed by atoms with Crippen molar-refractivity contribution >= 4 is 21.3 Å². The highest BCUT2D eigenvalue weighted by Gasteiger charge is 2.05. The van der Waals surface area contributed by atoms with Gasteiger partial charge in [-0.05, 0) is 31.0 Å². The maximum Gasteiger partial charge on any atom is 0.156 e. The first kappa shape index (κ1) is 17.4. The molecule has 1 heterocycles. The van der Waals surface area contributed by atoms with Gasteiger partial charge in [-0.15, -0.1) is 0 Å². The van der Waals surface area contributed by atoms with Crippen molar-refractivity contribution in [1.29, 1.82) is 0 Å². The fourth-order valence-corrected chi connectivity index (χ4v) is 2.70. The summed E-state index contributed by atoms with van der Waals surface area (Å²) in [7, 11) is -1.34. The lowest BCUT2D eigenvalue weighted by Gasteiger charge is -2.09. The number of aromatic nitrogens is 2. The van der Waals surface area contributed by atoms with Gasteiger partial charge in [-0.3, -0.25) is 0 Å². The van der Waals surface area contributed by atoms with E-state index in [4.69, 9.17) is 4.74 Å². The van der Waals surface area contributed by atoms with E-state index in [1.54, 1.807) is 7.11 Å². The highest BCUT2D eigenvalue weighted by Crippen LogP contribution is 2.17. The number of anilines is 2. The van der Waals surface area contributed by atoms with E-state index in [0.717, 1.165) is 16.9 Å². The van der Waals surface area contributed by atoms with Crippen molar-refractivity contribution in [2.75, 3.05) is 24.4 Å². The molecule has 0 aliphatic heterocycles. The number of ether oxygens (including phenoxy) is 1. The molecule has 0 radical (unpaired) electrons. The number of hydrogen-bond donors (Lipinski definition) is 1. The van der Waals surface area contributed by atoms with Crippen LogP contribution in [0.2, 0.25) is 0 Å². The molecule has 0 aliphatic carbocycles. The summed E-state index contributed by atoms with van der Waals surface area (Å²) < 4.78 is 27.4. The van der Waals surface area contributed by atoms with Gasteiger partial charge in [-0.1, -0.05) is 12.1 Å². The first-order chi connectivity index (χ1) is 10.9. The van der Waals surface area contributed by atoms with Crippen molar-refractivity contribution in [3.8, 4) is 0 Å². The van der Waals surface area contributed by atoms with E-state index in [9.17, 15) is 8.42 Å². The largest absolute Gasteiger partial charge is 0.377 e. The number of sulfone groups is 1. The van der Waals surface area contributed by atoms with Crippen molar-refractivity contribution in [1.82, 2.24) is 9.97 Å². The lowest BCUT2D eigenvalue weighted by atomic mass is 10.1. The number of nitrogens with one attached hydrogen (secondary N) is 1. The highest BCUT2D eigenvalue weighted by atomic mass is 32.2. The number of benzene rings is 1. The lowest BCUT2D eigenvalue weighted by molar-refractivity contribution is 0.177. The molecule has 1 N–H and O–H groups in total. The van der Waals surface area contributed by atoms with Crippen LogP contribution in [0.15, 0.2) is 30.3 Å². The molecule has 0 saturated heterocycles. The zero-order valence-electron chi connectivity index (χ0n) is 13.5. The Kier molecular flexibility index (Phi) is 5.68. The molecule has 6 nitrogen and oxygen atoms in total. The third kappa shape index (κ3) is 5.96. The Bertz CT molecular complexity index is 759. The van der Waals surface area contributed by atoms with Crippen molar-refractivity contribution < 1.29 is 13.2 Å². The van der Waals surface area contributed by atoms with Crippen LogP contribution in [0, 0.1) is 6.92 Å². The Morgan fingerprint density at radius 1 is 1.17 bits per heavy atom. The molecule has 0 fully saturated rings. The van der Waals surface area contributed by atoms with Gasteiger partial charge in [-0.25, -0.2) is 18.4 Å². The number of methoxy groups -OCH3 is 1. The van der Waals surface area contributed by atoms with Crippen LogP contribution in [0.1, 0.15) is 17.1 Å². The summed E-state index contributed by atoms with van der Waals surface area (Å²) in [6.07, 6.45) is 1.77. The third-order valence-corrected chi connectivity index (χ3v) is 4.11. The minimum Gasteiger partial charge on any atom is -0.377 e. The monoisotopic (exact) mass is 335 g/mol. The number of nitrogens with zero attached hydrogens (tertiary/aromatic N) is 2. The molecule has 0 unspecified atom stereocenters. The average Bonchev–Trinajstić information content (AvgIpc) is 2.45. The molecular weight excluding hydrogens is 314 g/mol. The van der Waals surface area contributed by atoms with Crippen LogP contribution in [0.4, 0.5) is 11.5 Å². The Labute approximate surface area is 136 Å². The van der Waals surface area contributed by atoms with Crippen LogP contribution in [0.3, 0.4) is 0 Å². The van der Waals surface area contributed by atoms with E-state index in [2.05, 4.69) is 15.3 Å². The van der Waals surface area contributed by atoms with Gasteiger partial charge >= 0.3 is 0 Å². The highest BCUT2D eigenvalue weighted by molar-refractivity contribution is 7.90. The molecule has 0 amide bonds. The zero-order valence-corrected chi connectivity index (χ0v) is 14.4. The van der Waals surface area contributed by atoms with Crippen molar-refractivity contribution in [2.45, 2.75) is 20.0 Å². The summed E-state index contributed by atoms with van der Waals surface area (Å²) in [5, 5.41) is 3.22. The molecule has 1 aromatic carbocycles. The van der Waals surface area contributed by atoms with Gasteiger partial charge in [0.2, 0.25) is 0 Å². The van der Waals surface area contributed by atoms with Gasteiger partial charge in [-0.2, -0.15) is 0 Å². The van der Waals surface area contributed by atoms with Crippen LogP contribution in [-0.4, -0.2) is 37.5 Å². The molecule has 0 atom stereocenters. The van der Waals surface area contributed by atoms with Gasteiger partial charge in [0, 0.05) is 30.8 Å². The second-order valence-electron chi connectivity index (χ2n) is 5.45. The van der Waals surface area contributed by atoms with Crippen molar-refractivity contribution in [3.63, 3.8) is 0 Å². The second kappa shape index (κ2) is 7.52. The maximum atomic E-state index is 11.2. The van der Waals surface area contributed by atoms with E-state index in [0.29, 0.717) is 24.7 Å². The fraction of sp³-hybridized carbons (Fsp3) is 0.375. The number of hydrogen-bond acceptors (Lipinski definition) is 6. The molecule has 2 rings (SSSR count). The summed E-state index contributed by atoms with van der Waals surface area (Å²) >= 11 is 0. The Balaban J connectivity index is 2.06. The van der Waals surface area contributed by atoms with Crippen molar-refractivity contribution in [3.05, 3.63) is 47.4 Å². The van der Waals surface area contributed by atoms with Crippen LogP contribution in [0.25, 0.3) is 0 Å². The quantitative estimate of drug-likeness (QED) is 0.836. The van der Waals surface area contributed by atoms with Crippen LogP contribution in [-0.2, 0) is 27.6 Å². The zero-order chi connectivity index (χ0) is 16.9. The standard InChI is InChI=1S/C16H21N3O3S/c1-12-10-15(19-16(17-12)11-22-2)18-14-6-4-13(5-7-14)8-9-23(3,20)21/h4-7,10H,8-9,11H2,1-3H3,(H,17,18,19). The average molecular weight is 335 g/mol. The maximum absolute atomic E-state index is 11.2. The SMILES string of the molecule is COCc1nc(C)cc(Nc2ccc(CCS(C)(=O)=O)cc2)n1. The Morgan fingerprint density at radius 3 is 2.48 bits per heavy atom. The lowest BCUT2D eigenvalue weighted by Crippen LogP contribution is -2.06. The van der Waals surface area contributed by atoms with Crippen LogP contribution < -0.4 is 5.32 Å². The third-order valence-electron chi connectivity index (χ3n) is 3.16. The smallest absolute Gasteiger partial charge is 0.156 e. The molecule has 124 valence electrons. The van der Waals surface area contributed by atoms with E-state index in [1.807, 2.05) is 37.3 Å². The summed E-state index contributed by atoms with van der Waals surface area (Å²) in [6.45, 7) is 2.26. The summed E-state index contributed by atoms with van der Waals surface area (Å²) in [6, 6.07) is 9.50. The van der Waals surface area contributed by atoms with Crippen LogP contribution >= 0.6 is 0 Å². The van der Waals surface area contributed by atoms with Gasteiger partial charge in [0.1, 0.15) is 22.3 Å². The molecular formula is C16H21N3O3S. The molecule has 7 heteroatoms. The topological polar surface area (TPSA) is 81.2 Å². The predicted molar refractivity (Wildman–Crippen MR) is 90.6 cm³/mol. The minimum atomic E-state index is -2.94. The minimum absolute atomic E-state index is 0.158. The normalized spacial score (nSPS) is 11.4. The van der Waals surface area contributed by atoms with Gasteiger partial charge in [0.05, 0.1) is 5.75 Å². The Morgan fingerprint density at radius 2 is 1.87 bits per heavy atom. The number of rotatable bonds is 7. The molecule has 2 aromatic rings. The van der Waals surface area contributed by atoms with E-state index >= 15 is 0 Å². The van der Waals surface area contributed by atoms with E-state index < -0.39 is 9.84 Å². The van der Waals surface area contributed by atoms with E-state index in [-0.39, 0.29) is 5.75 Å². The fourth-order valence-electron chi connectivity index (χ4n) is 2.09.